The number of aryl methyl sites for hydroxylation is 3. The number of urea groups is 2. The van der Waals surface area contributed by atoms with Gasteiger partial charge in [-0.25, -0.2) is 19.6 Å². The van der Waals surface area contributed by atoms with E-state index in [0.717, 1.165) is 120 Å². The van der Waals surface area contributed by atoms with Crippen LogP contribution in [-0.4, -0.2) is 114 Å². The number of benzene rings is 2. The van der Waals surface area contributed by atoms with Gasteiger partial charge >= 0.3 is 12.1 Å². The van der Waals surface area contributed by atoms with Crippen LogP contribution in [0.5, 0.6) is 11.5 Å². The average Bonchev–Trinajstić information content (AvgIpc) is 3.89. The molecule has 9 rings (SSSR count). The van der Waals surface area contributed by atoms with Gasteiger partial charge in [-0.1, -0.05) is 30.1 Å². The van der Waals surface area contributed by atoms with E-state index in [4.69, 9.17) is 37.8 Å². The van der Waals surface area contributed by atoms with E-state index in [-0.39, 0.29) is 24.3 Å². The first-order valence-corrected chi connectivity index (χ1v) is 22.8. The summed E-state index contributed by atoms with van der Waals surface area (Å²) < 4.78 is 16.0. The molecule has 5 fully saturated rings. The van der Waals surface area contributed by atoms with Crippen molar-refractivity contribution in [2.45, 2.75) is 107 Å². The van der Waals surface area contributed by atoms with Crippen molar-refractivity contribution in [2.75, 3.05) is 49.9 Å². The number of nitrogens with zero attached hydrogens (tertiary/aromatic N) is 8. The molecular weight excluding hydrogens is 815 g/mol. The molecule has 0 spiro atoms. The summed E-state index contributed by atoms with van der Waals surface area (Å²) in [5, 5.41) is 21.0. The van der Waals surface area contributed by atoms with Gasteiger partial charge in [0.15, 0.2) is 0 Å². The van der Waals surface area contributed by atoms with Crippen LogP contribution < -0.4 is 20.1 Å². The molecule has 0 radical (unpaired) electrons. The second kappa shape index (κ2) is 17.3. The zero-order valence-corrected chi connectivity index (χ0v) is 37.0. The molecule has 0 atom stereocenters. The molecule has 4 amide bonds. The SMILES string of the molecule is CCc1cc(NC(=O)N(N(C(=O)Nc2cc(C3CC3)nn2C)C2(CCN3CC(Oc4ccc(Cl)cc4)C3)CCC2)C2(CCN3CC(Oc4ccc(Cl)cc4)C3)CCC2)n(C)n1. The highest BCUT2D eigenvalue weighted by molar-refractivity contribution is 6.30. The number of hydrazine groups is 1. The normalized spacial score (nSPS) is 19.8. The van der Waals surface area contributed by atoms with Crippen LogP contribution in [0, 0.1) is 0 Å². The van der Waals surface area contributed by atoms with Crippen LogP contribution in [0.3, 0.4) is 0 Å². The third-order valence-corrected chi connectivity index (χ3v) is 14.1. The number of amides is 4. The van der Waals surface area contributed by atoms with E-state index in [0.29, 0.717) is 40.4 Å². The molecule has 16 heteroatoms. The van der Waals surface area contributed by atoms with Crippen molar-refractivity contribution >= 4 is 46.9 Å². The highest BCUT2D eigenvalue weighted by Gasteiger charge is 2.57. The Hall–Kier alpha value is -4.50. The van der Waals surface area contributed by atoms with E-state index in [1.807, 2.05) is 91.7 Å². The zero-order valence-electron chi connectivity index (χ0n) is 35.5. The molecule has 4 aromatic rings. The fraction of sp³-hybridized carbons (Fsp3) is 0.556. The standard InChI is InChI=1S/C45H58Cl2N10O4/c1-4-34-25-40(52(2)50-34)48-42(58)56(44(17-5-18-44)21-23-54-27-37(28-54)60-35-13-9-32(46)10-14-35)57(43(59)49-41-26-39(31-7-8-31)51-53(41)3)45(19-6-20-45)22-24-55-29-38(30-55)61-36-15-11-33(47)12-16-36/h9-16,25-26,31,37-38H,4-8,17-24,27-30H2,1-3H3,(H,48,58)(H,49,59). The Morgan fingerprint density at radius 3 is 1.54 bits per heavy atom. The predicted molar refractivity (Wildman–Crippen MR) is 236 cm³/mol. The molecule has 4 heterocycles. The van der Waals surface area contributed by atoms with Gasteiger partial charge in [0.2, 0.25) is 0 Å². The highest BCUT2D eigenvalue weighted by atomic mass is 35.5. The van der Waals surface area contributed by atoms with Crippen LogP contribution in [0.25, 0.3) is 0 Å². The number of carbonyl (C=O) groups is 2. The van der Waals surface area contributed by atoms with Crippen molar-refractivity contribution in [2.24, 2.45) is 14.1 Å². The summed E-state index contributed by atoms with van der Waals surface area (Å²) in [6.07, 6.45) is 9.64. The number of hydrogen-bond donors (Lipinski definition) is 2. The maximum Gasteiger partial charge on any atom is 0.342 e. The van der Waals surface area contributed by atoms with Crippen LogP contribution in [0.2, 0.25) is 10.0 Å². The Bertz CT molecular complexity index is 2170. The molecule has 2 aliphatic heterocycles. The summed E-state index contributed by atoms with van der Waals surface area (Å²) >= 11 is 12.2. The minimum Gasteiger partial charge on any atom is -0.488 e. The van der Waals surface area contributed by atoms with E-state index >= 15 is 9.59 Å². The number of aromatic nitrogens is 4. The molecular formula is C45H58Cl2N10O4. The van der Waals surface area contributed by atoms with Gasteiger partial charge in [-0.3, -0.25) is 29.8 Å². The van der Waals surface area contributed by atoms with Crippen LogP contribution in [0.15, 0.2) is 60.7 Å². The predicted octanol–water partition coefficient (Wildman–Crippen LogP) is 8.34. The minimum absolute atomic E-state index is 0.0770. The number of likely N-dealkylation sites (tertiary alicyclic amines) is 2. The monoisotopic (exact) mass is 872 g/mol. The van der Waals surface area contributed by atoms with E-state index in [2.05, 4.69) is 25.5 Å². The lowest BCUT2D eigenvalue weighted by molar-refractivity contribution is -0.152. The molecule has 3 aliphatic carbocycles. The Labute approximate surface area is 368 Å². The fourth-order valence-corrected chi connectivity index (χ4v) is 9.62. The molecule has 3 saturated carbocycles. The quantitative estimate of drug-likeness (QED) is 0.108. The average molecular weight is 874 g/mol. The Balaban J connectivity index is 0.982. The van der Waals surface area contributed by atoms with Crippen molar-refractivity contribution < 1.29 is 19.1 Å². The van der Waals surface area contributed by atoms with Crippen molar-refractivity contribution in [3.63, 3.8) is 0 Å². The number of nitrogens with one attached hydrogen (secondary N) is 2. The highest BCUT2D eigenvalue weighted by Crippen LogP contribution is 2.49. The lowest BCUT2D eigenvalue weighted by Gasteiger charge is -2.61. The van der Waals surface area contributed by atoms with Crippen molar-refractivity contribution in [1.82, 2.24) is 39.4 Å². The molecule has 2 saturated heterocycles. The molecule has 2 N–H and O–H groups in total. The van der Waals surface area contributed by atoms with Crippen LogP contribution in [0.4, 0.5) is 21.2 Å². The van der Waals surface area contributed by atoms with Gasteiger partial charge in [-0.15, -0.1) is 0 Å². The van der Waals surface area contributed by atoms with Crippen LogP contribution in [-0.2, 0) is 20.5 Å². The summed E-state index contributed by atoms with van der Waals surface area (Å²) in [7, 11) is 3.72. The summed E-state index contributed by atoms with van der Waals surface area (Å²) in [5.74, 6) is 3.28. The van der Waals surface area contributed by atoms with E-state index in [9.17, 15) is 0 Å². The first-order chi connectivity index (χ1) is 29.5. The second-order valence-electron chi connectivity index (χ2n) is 17.9. The summed E-state index contributed by atoms with van der Waals surface area (Å²) in [4.78, 5) is 35.3. The number of anilines is 2. The maximum absolute atomic E-state index is 15.3. The molecule has 2 aromatic heterocycles. The van der Waals surface area contributed by atoms with Crippen LogP contribution in [0.1, 0.15) is 88.4 Å². The summed E-state index contributed by atoms with van der Waals surface area (Å²) in [5.41, 5.74) is 0.714. The topological polar surface area (TPSA) is 125 Å². The van der Waals surface area contributed by atoms with E-state index in [1.165, 1.54) is 0 Å². The van der Waals surface area contributed by atoms with Gasteiger partial charge in [0.25, 0.3) is 0 Å². The first-order valence-electron chi connectivity index (χ1n) is 22.1. The van der Waals surface area contributed by atoms with Gasteiger partial charge in [-0.2, -0.15) is 10.2 Å². The van der Waals surface area contributed by atoms with E-state index < -0.39 is 11.1 Å². The maximum atomic E-state index is 15.3. The van der Waals surface area contributed by atoms with Gasteiger partial charge < -0.3 is 9.47 Å². The number of rotatable bonds is 16. The lowest BCUT2D eigenvalue weighted by Crippen LogP contribution is -2.74. The molecule has 2 aromatic carbocycles. The Morgan fingerprint density at radius 1 is 0.705 bits per heavy atom. The molecule has 14 nitrogen and oxygen atoms in total. The number of hydrogen-bond acceptors (Lipinski definition) is 8. The first kappa shape index (κ1) is 41.8. The fourth-order valence-electron chi connectivity index (χ4n) is 9.37. The summed E-state index contributed by atoms with van der Waals surface area (Å²) in [6, 6.07) is 18.3. The second-order valence-corrected chi connectivity index (χ2v) is 18.8. The van der Waals surface area contributed by atoms with Crippen molar-refractivity contribution in [1.29, 1.82) is 0 Å². The lowest BCUT2D eigenvalue weighted by atomic mass is 9.71. The Morgan fingerprint density at radius 2 is 1.15 bits per heavy atom. The number of carbonyl (C=O) groups excluding carboxylic acids is 2. The van der Waals surface area contributed by atoms with Crippen LogP contribution >= 0.6 is 23.2 Å². The minimum atomic E-state index is -0.585. The van der Waals surface area contributed by atoms with Gasteiger partial charge in [-0.05, 0) is 119 Å². The zero-order chi connectivity index (χ0) is 42.3. The van der Waals surface area contributed by atoms with Gasteiger partial charge in [0, 0.05) is 81.5 Å². The molecule has 61 heavy (non-hydrogen) atoms. The van der Waals surface area contributed by atoms with Crippen molar-refractivity contribution in [3.05, 3.63) is 82.1 Å². The smallest absolute Gasteiger partial charge is 0.342 e. The van der Waals surface area contributed by atoms with Gasteiger partial charge in [0.1, 0.15) is 35.3 Å². The summed E-state index contributed by atoms with van der Waals surface area (Å²) in [6.45, 7) is 6.75. The number of ether oxygens (including phenoxy) is 2. The Kier molecular flexibility index (Phi) is 11.9. The molecule has 326 valence electrons. The van der Waals surface area contributed by atoms with E-state index in [1.54, 1.807) is 9.36 Å². The third kappa shape index (κ3) is 9.05. The third-order valence-electron chi connectivity index (χ3n) is 13.6. The molecule has 0 bridgehead atoms. The largest absolute Gasteiger partial charge is 0.488 e. The van der Waals surface area contributed by atoms with Crippen molar-refractivity contribution in [3.8, 4) is 11.5 Å². The molecule has 5 aliphatic rings. The van der Waals surface area contributed by atoms with Gasteiger partial charge in [0.05, 0.1) is 22.5 Å². The number of halogens is 2. The molecule has 0 unspecified atom stereocenters.